The molecular weight excluding hydrogens is 620 g/mol. The number of rotatable bonds is 20. The van der Waals surface area contributed by atoms with Crippen LogP contribution in [0.4, 0.5) is 4.79 Å². The van der Waals surface area contributed by atoms with Crippen molar-refractivity contribution in [2.45, 2.75) is 192 Å². The van der Waals surface area contributed by atoms with Gasteiger partial charge in [0.05, 0.1) is 0 Å². The van der Waals surface area contributed by atoms with Crippen molar-refractivity contribution >= 4 is 6.16 Å². The second kappa shape index (κ2) is 21.7. The largest absolute Gasteiger partial charge is 0.509 e. The Kier molecular flexibility index (Phi) is 18.2. The Morgan fingerprint density at radius 2 is 0.960 bits per heavy atom. The third-order valence-corrected chi connectivity index (χ3v) is 13.2. The number of carbonyl (C=O) groups excluding carboxylic acids is 1. The summed E-state index contributed by atoms with van der Waals surface area (Å²) >= 11 is 0. The van der Waals surface area contributed by atoms with Gasteiger partial charge in [-0.05, 0) is 168 Å². The van der Waals surface area contributed by atoms with Gasteiger partial charge in [-0.1, -0.05) is 66.2 Å². The van der Waals surface area contributed by atoms with Crippen molar-refractivity contribution in [3.05, 3.63) is 0 Å². The van der Waals surface area contributed by atoms with Gasteiger partial charge in [0, 0.05) is 25.2 Å². The van der Waals surface area contributed by atoms with Crippen LogP contribution in [0, 0.1) is 11.8 Å². The van der Waals surface area contributed by atoms with Gasteiger partial charge in [-0.2, -0.15) is 0 Å². The predicted molar refractivity (Wildman–Crippen MR) is 210 cm³/mol. The molecule has 50 heavy (non-hydrogen) atoms. The fourth-order valence-corrected chi connectivity index (χ4v) is 10.7. The zero-order chi connectivity index (χ0) is 35.8. The first-order valence-electron chi connectivity index (χ1n) is 22.0. The molecule has 2 aliphatic heterocycles. The zero-order valence-electron chi connectivity index (χ0n) is 34.0. The third-order valence-electron chi connectivity index (χ3n) is 13.2. The lowest BCUT2D eigenvalue weighted by atomic mass is 9.72. The van der Waals surface area contributed by atoms with Crippen LogP contribution >= 0.6 is 0 Å². The smallest absolute Gasteiger partial charge is 0.426 e. The lowest BCUT2D eigenvalue weighted by molar-refractivity contribution is -0.160. The van der Waals surface area contributed by atoms with Crippen molar-refractivity contribution in [1.82, 2.24) is 19.6 Å². The molecule has 0 N–H and O–H groups in total. The van der Waals surface area contributed by atoms with E-state index in [0.29, 0.717) is 11.8 Å². The Bertz CT molecular complexity index is 863. The SMILES string of the molecule is CCCCN(CCCC)C1CCCCC1(CC1CCCN(C)C1)OC(=O)OC1(CC2CCCN(C)C2)CCCCC1N(CCCC)CCCC. The van der Waals surface area contributed by atoms with Crippen LogP contribution in [0.5, 0.6) is 0 Å². The molecule has 0 radical (unpaired) electrons. The summed E-state index contributed by atoms with van der Waals surface area (Å²) in [5.74, 6) is 1.13. The highest BCUT2D eigenvalue weighted by Gasteiger charge is 2.52. The van der Waals surface area contributed by atoms with Gasteiger partial charge < -0.3 is 19.3 Å². The number of hydrogen-bond acceptors (Lipinski definition) is 7. The molecule has 0 aromatic heterocycles. The highest BCUT2D eigenvalue weighted by atomic mass is 16.7. The van der Waals surface area contributed by atoms with E-state index in [2.05, 4.69) is 61.4 Å². The molecular formula is C43H82N4O3. The molecule has 4 fully saturated rings. The van der Waals surface area contributed by atoms with Crippen molar-refractivity contribution in [2.24, 2.45) is 11.8 Å². The molecule has 0 aromatic rings. The maximum atomic E-state index is 14.9. The van der Waals surface area contributed by atoms with Gasteiger partial charge in [0.1, 0.15) is 11.2 Å². The average molecular weight is 703 g/mol. The monoisotopic (exact) mass is 703 g/mol. The molecule has 2 saturated carbocycles. The summed E-state index contributed by atoms with van der Waals surface area (Å²) in [5, 5.41) is 0. The molecule has 4 aliphatic rings. The molecule has 0 spiro atoms. The number of hydrogen-bond donors (Lipinski definition) is 0. The van der Waals surface area contributed by atoms with E-state index in [1.54, 1.807) is 0 Å². The number of carbonyl (C=O) groups is 1. The van der Waals surface area contributed by atoms with Crippen LogP contribution in [0.15, 0.2) is 0 Å². The van der Waals surface area contributed by atoms with E-state index in [4.69, 9.17) is 9.47 Å². The molecule has 0 amide bonds. The van der Waals surface area contributed by atoms with Gasteiger partial charge in [0.25, 0.3) is 0 Å². The van der Waals surface area contributed by atoms with E-state index >= 15 is 0 Å². The second-order valence-corrected chi connectivity index (χ2v) is 17.5. The summed E-state index contributed by atoms with van der Waals surface area (Å²) in [5.41, 5.74) is -0.944. The summed E-state index contributed by atoms with van der Waals surface area (Å²) in [6, 6.07) is 0.565. The first-order valence-corrected chi connectivity index (χ1v) is 22.0. The van der Waals surface area contributed by atoms with Crippen molar-refractivity contribution in [2.75, 3.05) is 66.5 Å². The standard InChI is InChI=1S/C43H82N4O3/c1-7-11-29-46(30-12-8-2)39-23-15-17-25-42(39,33-37-21-19-27-44(5)35-37)49-41(48)50-43(34-38-22-20-28-45(6)36-38)26-18-16-24-40(43)47(31-13-9-3)32-14-10-4/h37-40H,7-36H2,1-6H3. The van der Waals surface area contributed by atoms with Crippen LogP contribution in [-0.2, 0) is 9.47 Å². The Morgan fingerprint density at radius 1 is 0.580 bits per heavy atom. The Morgan fingerprint density at radius 3 is 1.30 bits per heavy atom. The van der Waals surface area contributed by atoms with Crippen LogP contribution in [-0.4, -0.2) is 115 Å². The lowest BCUT2D eigenvalue weighted by Crippen LogP contribution is -2.61. The maximum absolute atomic E-state index is 14.9. The number of unbranched alkanes of at least 4 members (excludes halogenated alkanes) is 4. The fourth-order valence-electron chi connectivity index (χ4n) is 10.7. The van der Waals surface area contributed by atoms with Gasteiger partial charge in [-0.3, -0.25) is 9.80 Å². The minimum atomic E-state index is -0.472. The van der Waals surface area contributed by atoms with Crippen LogP contribution in [0.2, 0.25) is 0 Å². The Hall–Kier alpha value is -0.890. The summed E-state index contributed by atoms with van der Waals surface area (Å²) in [7, 11) is 4.55. The maximum Gasteiger partial charge on any atom is 0.509 e. The molecule has 292 valence electrons. The van der Waals surface area contributed by atoms with E-state index in [1.165, 1.54) is 103 Å². The molecule has 2 heterocycles. The first kappa shape index (κ1) is 41.9. The van der Waals surface area contributed by atoms with Crippen LogP contribution in [0.25, 0.3) is 0 Å². The van der Waals surface area contributed by atoms with E-state index in [0.717, 1.165) is 90.6 Å². The molecule has 6 atom stereocenters. The average Bonchev–Trinajstić information content (AvgIpc) is 3.09. The minimum Gasteiger partial charge on any atom is -0.426 e. The van der Waals surface area contributed by atoms with Gasteiger partial charge >= 0.3 is 6.16 Å². The van der Waals surface area contributed by atoms with E-state index in [1.807, 2.05) is 0 Å². The number of piperidine rings is 2. The molecule has 2 aliphatic carbocycles. The minimum absolute atomic E-state index is 0.282. The molecule has 0 aromatic carbocycles. The third kappa shape index (κ3) is 12.1. The summed E-state index contributed by atoms with van der Waals surface area (Å²) in [6.07, 6.45) is 25.2. The quantitative estimate of drug-likeness (QED) is 0.117. The molecule has 4 rings (SSSR count). The molecule has 2 saturated heterocycles. The predicted octanol–water partition coefficient (Wildman–Crippen LogP) is 9.77. The highest BCUT2D eigenvalue weighted by Crippen LogP contribution is 2.45. The van der Waals surface area contributed by atoms with Crippen LogP contribution in [0.3, 0.4) is 0 Å². The molecule has 0 bridgehead atoms. The molecule has 6 unspecified atom stereocenters. The van der Waals surface area contributed by atoms with Crippen molar-refractivity contribution in [3.8, 4) is 0 Å². The Balaban J connectivity index is 1.68. The summed E-state index contributed by atoms with van der Waals surface area (Å²) in [4.78, 5) is 25.4. The topological polar surface area (TPSA) is 48.5 Å². The summed E-state index contributed by atoms with van der Waals surface area (Å²) in [6.45, 7) is 18.3. The Labute approximate surface area is 309 Å². The van der Waals surface area contributed by atoms with E-state index in [9.17, 15) is 4.79 Å². The van der Waals surface area contributed by atoms with Crippen molar-refractivity contribution in [1.29, 1.82) is 0 Å². The number of nitrogens with zero attached hydrogens (tertiary/aromatic N) is 4. The van der Waals surface area contributed by atoms with Crippen LogP contribution < -0.4 is 0 Å². The number of ether oxygens (including phenoxy) is 2. The van der Waals surface area contributed by atoms with Gasteiger partial charge in [-0.15, -0.1) is 0 Å². The normalized spacial score (nSPS) is 31.7. The zero-order valence-corrected chi connectivity index (χ0v) is 34.0. The first-order chi connectivity index (χ1) is 24.3. The van der Waals surface area contributed by atoms with E-state index < -0.39 is 11.2 Å². The molecule has 7 nitrogen and oxygen atoms in total. The highest BCUT2D eigenvalue weighted by molar-refractivity contribution is 5.62. The van der Waals surface area contributed by atoms with Gasteiger partial charge in [-0.25, -0.2) is 4.79 Å². The van der Waals surface area contributed by atoms with Crippen molar-refractivity contribution < 1.29 is 14.3 Å². The van der Waals surface area contributed by atoms with Crippen molar-refractivity contribution in [3.63, 3.8) is 0 Å². The lowest BCUT2D eigenvalue weighted by Gasteiger charge is -2.52. The van der Waals surface area contributed by atoms with Crippen LogP contribution in [0.1, 0.15) is 169 Å². The second-order valence-electron chi connectivity index (χ2n) is 17.5. The fraction of sp³-hybridized carbons (Fsp3) is 0.977. The van der Waals surface area contributed by atoms with Gasteiger partial charge in [0.2, 0.25) is 0 Å². The van der Waals surface area contributed by atoms with E-state index in [-0.39, 0.29) is 18.2 Å². The molecule has 7 heteroatoms. The van der Waals surface area contributed by atoms with Gasteiger partial charge in [0.15, 0.2) is 0 Å². The summed E-state index contributed by atoms with van der Waals surface area (Å²) < 4.78 is 14.3. The number of likely N-dealkylation sites (tertiary alicyclic amines) is 2.